The molecule has 2 aromatic rings. The minimum atomic E-state index is -0.306. The summed E-state index contributed by atoms with van der Waals surface area (Å²) in [7, 11) is 0. The topological polar surface area (TPSA) is 39.2 Å². The van der Waals surface area contributed by atoms with Crippen LogP contribution in [-0.4, -0.2) is 17.6 Å². The minimum absolute atomic E-state index is 0.306. The first-order valence-electron chi connectivity index (χ1n) is 6.39. The largest absolute Gasteiger partial charge is 0.462 e. The first-order chi connectivity index (χ1) is 9.15. The van der Waals surface area contributed by atoms with Gasteiger partial charge in [-0.15, -0.1) is 11.3 Å². The van der Waals surface area contributed by atoms with Crippen molar-refractivity contribution in [1.29, 1.82) is 0 Å². The molecule has 4 heteroatoms. The molecule has 0 aliphatic carbocycles. The Bertz CT molecular complexity index is 590. The number of ether oxygens (including phenoxy) is 1. The molecule has 0 spiro atoms. The summed E-state index contributed by atoms with van der Waals surface area (Å²) < 4.78 is 5.00. The number of esters is 1. The standard InChI is InChI=1S/C15H17NO2S/c1-4-11-6-9-14(19-11)13-8-7-12(10(3)16-13)15(17)18-5-2/h6-9H,4-5H2,1-3H3. The maximum atomic E-state index is 11.7. The van der Waals surface area contributed by atoms with Gasteiger partial charge in [-0.2, -0.15) is 0 Å². The highest BCUT2D eigenvalue weighted by Crippen LogP contribution is 2.27. The summed E-state index contributed by atoms with van der Waals surface area (Å²) >= 11 is 1.74. The molecule has 3 nitrogen and oxygen atoms in total. The van der Waals surface area contributed by atoms with E-state index in [1.165, 1.54) is 4.88 Å². The number of thiophene rings is 1. The van der Waals surface area contributed by atoms with Gasteiger partial charge in [0.2, 0.25) is 0 Å². The third kappa shape index (κ3) is 3.01. The molecule has 2 aromatic heterocycles. The van der Waals surface area contributed by atoms with Gasteiger partial charge in [0.25, 0.3) is 0 Å². The maximum Gasteiger partial charge on any atom is 0.339 e. The molecule has 2 rings (SSSR count). The van der Waals surface area contributed by atoms with Gasteiger partial charge in [-0.3, -0.25) is 4.98 Å². The fraction of sp³-hybridized carbons (Fsp3) is 0.333. The van der Waals surface area contributed by atoms with Crippen molar-refractivity contribution in [3.8, 4) is 10.6 Å². The molecule has 0 N–H and O–H groups in total. The highest BCUT2D eigenvalue weighted by Gasteiger charge is 2.12. The molecular weight excluding hydrogens is 258 g/mol. The number of carbonyl (C=O) groups excluding carboxylic acids is 1. The van der Waals surface area contributed by atoms with Gasteiger partial charge in [-0.05, 0) is 44.5 Å². The van der Waals surface area contributed by atoms with E-state index in [-0.39, 0.29) is 5.97 Å². The fourth-order valence-corrected chi connectivity index (χ4v) is 2.75. The summed E-state index contributed by atoms with van der Waals surface area (Å²) in [5, 5.41) is 0. The number of carbonyl (C=O) groups is 1. The van der Waals surface area contributed by atoms with Gasteiger partial charge < -0.3 is 4.74 Å². The van der Waals surface area contributed by atoms with Gasteiger partial charge in [-0.25, -0.2) is 4.79 Å². The Hall–Kier alpha value is -1.68. The van der Waals surface area contributed by atoms with Gasteiger partial charge in [-0.1, -0.05) is 6.92 Å². The number of aryl methyl sites for hydroxylation is 2. The predicted molar refractivity (Wildman–Crippen MR) is 77.6 cm³/mol. The van der Waals surface area contributed by atoms with Gasteiger partial charge in [0, 0.05) is 4.88 Å². The van der Waals surface area contributed by atoms with Crippen LogP contribution in [0.3, 0.4) is 0 Å². The Morgan fingerprint density at radius 2 is 2.05 bits per heavy atom. The van der Waals surface area contributed by atoms with Crippen LogP contribution in [0.15, 0.2) is 24.3 Å². The lowest BCUT2D eigenvalue weighted by molar-refractivity contribution is 0.0525. The van der Waals surface area contributed by atoms with Crippen molar-refractivity contribution < 1.29 is 9.53 Å². The summed E-state index contributed by atoms with van der Waals surface area (Å²) in [6, 6.07) is 7.87. The Morgan fingerprint density at radius 1 is 1.26 bits per heavy atom. The zero-order valence-electron chi connectivity index (χ0n) is 11.4. The Kier molecular flexibility index (Phi) is 4.32. The lowest BCUT2D eigenvalue weighted by Crippen LogP contribution is -2.07. The second-order valence-electron chi connectivity index (χ2n) is 4.17. The minimum Gasteiger partial charge on any atom is -0.462 e. The molecule has 0 saturated carbocycles. The molecule has 0 aliphatic heterocycles. The fourth-order valence-electron chi connectivity index (χ4n) is 1.83. The van der Waals surface area contributed by atoms with Crippen LogP contribution in [0.2, 0.25) is 0 Å². The van der Waals surface area contributed by atoms with Gasteiger partial charge in [0.05, 0.1) is 28.4 Å². The van der Waals surface area contributed by atoms with Gasteiger partial charge in [0.1, 0.15) is 0 Å². The van der Waals surface area contributed by atoms with Crippen molar-refractivity contribution in [2.45, 2.75) is 27.2 Å². The molecule has 0 atom stereocenters. The molecule has 0 radical (unpaired) electrons. The smallest absolute Gasteiger partial charge is 0.339 e. The monoisotopic (exact) mass is 275 g/mol. The number of nitrogens with zero attached hydrogens (tertiary/aromatic N) is 1. The first-order valence-corrected chi connectivity index (χ1v) is 7.21. The van der Waals surface area contributed by atoms with E-state index in [1.807, 2.05) is 13.0 Å². The van der Waals surface area contributed by atoms with Crippen LogP contribution >= 0.6 is 11.3 Å². The second kappa shape index (κ2) is 5.97. The highest BCUT2D eigenvalue weighted by atomic mass is 32.1. The van der Waals surface area contributed by atoms with E-state index in [1.54, 1.807) is 24.3 Å². The Balaban J connectivity index is 2.30. The van der Waals surface area contributed by atoms with Crippen LogP contribution in [0.4, 0.5) is 0 Å². The quantitative estimate of drug-likeness (QED) is 0.795. The number of pyridine rings is 1. The number of aromatic nitrogens is 1. The number of hydrogen-bond acceptors (Lipinski definition) is 4. The summed E-state index contributed by atoms with van der Waals surface area (Å²) in [6.45, 7) is 6.15. The van der Waals surface area contributed by atoms with Crippen molar-refractivity contribution in [3.05, 3.63) is 40.4 Å². The third-order valence-electron chi connectivity index (χ3n) is 2.84. The molecule has 100 valence electrons. The summed E-state index contributed by atoms with van der Waals surface area (Å²) in [6.07, 6.45) is 1.03. The number of hydrogen-bond donors (Lipinski definition) is 0. The second-order valence-corrected chi connectivity index (χ2v) is 5.34. The van der Waals surface area contributed by atoms with E-state index in [0.717, 1.165) is 17.0 Å². The van der Waals surface area contributed by atoms with Gasteiger partial charge >= 0.3 is 5.97 Å². The molecule has 0 saturated heterocycles. The van der Waals surface area contributed by atoms with Crippen LogP contribution in [0.1, 0.15) is 34.8 Å². The molecule has 0 fully saturated rings. The van der Waals surface area contributed by atoms with E-state index in [4.69, 9.17) is 4.74 Å². The third-order valence-corrected chi connectivity index (χ3v) is 4.10. The van der Waals surface area contributed by atoms with Crippen LogP contribution < -0.4 is 0 Å². The predicted octanol–water partition coefficient (Wildman–Crippen LogP) is 3.86. The van der Waals surface area contributed by atoms with Crippen molar-refractivity contribution in [3.63, 3.8) is 0 Å². The van der Waals surface area contributed by atoms with Crippen LogP contribution in [0.25, 0.3) is 10.6 Å². The molecule has 0 bridgehead atoms. The van der Waals surface area contributed by atoms with Crippen LogP contribution in [-0.2, 0) is 11.2 Å². The maximum absolute atomic E-state index is 11.7. The van der Waals surface area contributed by atoms with Gasteiger partial charge in [0.15, 0.2) is 0 Å². The lowest BCUT2D eigenvalue weighted by Gasteiger charge is -2.06. The van der Waals surface area contributed by atoms with E-state index >= 15 is 0 Å². The zero-order valence-corrected chi connectivity index (χ0v) is 12.2. The van der Waals surface area contributed by atoms with Crippen molar-refractivity contribution in [2.24, 2.45) is 0 Å². The lowest BCUT2D eigenvalue weighted by atomic mass is 10.1. The molecule has 0 aliphatic rings. The Morgan fingerprint density at radius 3 is 2.63 bits per heavy atom. The zero-order chi connectivity index (χ0) is 13.8. The molecule has 2 heterocycles. The molecule has 0 amide bonds. The van der Waals surface area contributed by atoms with Crippen molar-refractivity contribution >= 4 is 17.3 Å². The number of rotatable bonds is 4. The molecule has 0 aromatic carbocycles. The molecule has 0 unspecified atom stereocenters. The average molecular weight is 275 g/mol. The van der Waals surface area contributed by atoms with E-state index < -0.39 is 0 Å². The molecular formula is C15H17NO2S. The Labute approximate surface area is 117 Å². The normalized spacial score (nSPS) is 10.5. The van der Waals surface area contributed by atoms with E-state index in [0.29, 0.717) is 17.9 Å². The summed E-state index contributed by atoms with van der Waals surface area (Å²) in [4.78, 5) is 18.7. The SMILES string of the molecule is CCOC(=O)c1ccc(-c2ccc(CC)s2)nc1C. The first kappa shape index (κ1) is 13.7. The molecule has 19 heavy (non-hydrogen) atoms. The van der Waals surface area contributed by atoms with Crippen molar-refractivity contribution in [1.82, 2.24) is 4.98 Å². The van der Waals surface area contributed by atoms with Crippen molar-refractivity contribution in [2.75, 3.05) is 6.61 Å². The average Bonchev–Trinajstić information content (AvgIpc) is 2.87. The van der Waals surface area contributed by atoms with Crippen LogP contribution in [0, 0.1) is 6.92 Å². The van der Waals surface area contributed by atoms with E-state index in [9.17, 15) is 4.79 Å². The van der Waals surface area contributed by atoms with Crippen LogP contribution in [0.5, 0.6) is 0 Å². The highest BCUT2D eigenvalue weighted by molar-refractivity contribution is 7.15. The summed E-state index contributed by atoms with van der Waals surface area (Å²) in [5.74, 6) is -0.306. The van der Waals surface area contributed by atoms with E-state index in [2.05, 4.69) is 24.0 Å². The summed E-state index contributed by atoms with van der Waals surface area (Å²) in [5.41, 5.74) is 2.16.